The summed E-state index contributed by atoms with van der Waals surface area (Å²) in [4.78, 5) is 21.1. The number of aromatic nitrogens is 1. The fourth-order valence-corrected chi connectivity index (χ4v) is 3.03. The lowest BCUT2D eigenvalue weighted by Gasteiger charge is -2.12. The van der Waals surface area contributed by atoms with Gasteiger partial charge in [0.25, 0.3) is 0 Å². The number of phosphoric acid groups is 1. The summed E-state index contributed by atoms with van der Waals surface area (Å²) in [5.41, 5.74) is 1.87. The Labute approximate surface area is 110 Å². The largest absolute Gasteiger partial charge is 0.524 e. The number of phosphoric ester groups is 1. The van der Waals surface area contributed by atoms with Crippen molar-refractivity contribution in [2.75, 3.05) is 13.1 Å². The van der Waals surface area contributed by atoms with E-state index in [0.29, 0.717) is 5.92 Å². The van der Waals surface area contributed by atoms with Gasteiger partial charge in [-0.1, -0.05) is 6.07 Å². The lowest BCUT2D eigenvalue weighted by Crippen LogP contribution is -2.07. The number of nitrogens with one attached hydrogen (secondary N) is 2. The minimum Gasteiger partial charge on any atom is -0.404 e. The Bertz CT molecular complexity index is 642. The monoisotopic (exact) mass is 282 g/mol. The molecule has 1 saturated heterocycles. The number of rotatable bonds is 3. The molecule has 0 aliphatic carbocycles. The third kappa shape index (κ3) is 2.53. The molecule has 19 heavy (non-hydrogen) atoms. The van der Waals surface area contributed by atoms with Gasteiger partial charge in [0.05, 0.1) is 0 Å². The summed E-state index contributed by atoms with van der Waals surface area (Å²) in [6.07, 6.45) is 2.91. The fourth-order valence-electron chi connectivity index (χ4n) is 2.62. The van der Waals surface area contributed by atoms with Gasteiger partial charge >= 0.3 is 7.82 Å². The van der Waals surface area contributed by atoms with Gasteiger partial charge in [0.15, 0.2) is 0 Å². The fraction of sp³-hybridized carbons (Fsp3) is 0.333. The lowest BCUT2D eigenvalue weighted by atomic mass is 9.97. The van der Waals surface area contributed by atoms with E-state index in [-0.39, 0.29) is 5.75 Å². The third-order valence-corrected chi connectivity index (χ3v) is 3.85. The van der Waals surface area contributed by atoms with E-state index in [1.54, 1.807) is 12.1 Å². The van der Waals surface area contributed by atoms with E-state index >= 15 is 0 Å². The summed E-state index contributed by atoms with van der Waals surface area (Å²) in [7, 11) is -4.55. The molecule has 102 valence electrons. The van der Waals surface area contributed by atoms with Crippen LogP contribution in [0.15, 0.2) is 24.4 Å². The van der Waals surface area contributed by atoms with Gasteiger partial charge in [-0.2, -0.15) is 0 Å². The molecular weight excluding hydrogens is 267 g/mol. The summed E-state index contributed by atoms with van der Waals surface area (Å²) < 4.78 is 15.8. The number of H-pyrrole nitrogens is 1. The molecule has 7 heteroatoms. The second-order valence-corrected chi connectivity index (χ2v) is 5.86. The summed E-state index contributed by atoms with van der Waals surface area (Å²) in [5.74, 6) is 0.573. The summed E-state index contributed by atoms with van der Waals surface area (Å²) in [6, 6.07) is 5.16. The van der Waals surface area contributed by atoms with Crippen molar-refractivity contribution in [2.45, 2.75) is 12.3 Å². The molecule has 1 unspecified atom stereocenters. The van der Waals surface area contributed by atoms with Gasteiger partial charge in [-0.25, -0.2) is 4.57 Å². The van der Waals surface area contributed by atoms with Crippen LogP contribution in [0.25, 0.3) is 10.9 Å². The second kappa shape index (κ2) is 4.65. The molecule has 1 atom stereocenters. The Hall–Kier alpha value is -1.33. The topological polar surface area (TPSA) is 94.6 Å². The molecule has 2 heterocycles. The van der Waals surface area contributed by atoms with Crippen molar-refractivity contribution in [3.05, 3.63) is 30.0 Å². The highest BCUT2D eigenvalue weighted by atomic mass is 31.2. The Morgan fingerprint density at radius 1 is 1.37 bits per heavy atom. The molecule has 1 aromatic carbocycles. The van der Waals surface area contributed by atoms with Crippen LogP contribution in [-0.4, -0.2) is 27.9 Å². The zero-order valence-corrected chi connectivity index (χ0v) is 11.1. The molecule has 0 radical (unpaired) electrons. The quantitative estimate of drug-likeness (QED) is 0.643. The Kier molecular flexibility index (Phi) is 3.11. The van der Waals surface area contributed by atoms with E-state index in [9.17, 15) is 4.57 Å². The number of hydrogen-bond donors (Lipinski definition) is 4. The number of aromatic amines is 1. The zero-order valence-electron chi connectivity index (χ0n) is 10.2. The summed E-state index contributed by atoms with van der Waals surface area (Å²) in [6.45, 7) is 1.83. The van der Waals surface area contributed by atoms with E-state index in [1.165, 1.54) is 0 Å². The minimum atomic E-state index is -4.55. The maximum Gasteiger partial charge on any atom is 0.524 e. The maximum absolute atomic E-state index is 11.0. The van der Waals surface area contributed by atoms with Crippen LogP contribution < -0.4 is 9.84 Å². The van der Waals surface area contributed by atoms with E-state index in [1.807, 2.05) is 12.3 Å². The van der Waals surface area contributed by atoms with Gasteiger partial charge in [-0.15, -0.1) is 0 Å². The zero-order chi connectivity index (χ0) is 13.5. The lowest BCUT2D eigenvalue weighted by molar-refractivity contribution is 0.284. The van der Waals surface area contributed by atoms with Crippen molar-refractivity contribution >= 4 is 18.7 Å². The van der Waals surface area contributed by atoms with Crippen LogP contribution in [0.3, 0.4) is 0 Å². The first-order valence-electron chi connectivity index (χ1n) is 6.10. The Morgan fingerprint density at radius 2 is 2.21 bits per heavy atom. The molecular formula is C12H15N2O4P. The summed E-state index contributed by atoms with van der Waals surface area (Å²) >= 11 is 0. The average molecular weight is 282 g/mol. The molecule has 1 aliphatic heterocycles. The second-order valence-electron chi connectivity index (χ2n) is 4.69. The highest BCUT2D eigenvalue weighted by Crippen LogP contribution is 2.43. The smallest absolute Gasteiger partial charge is 0.404 e. The Morgan fingerprint density at radius 3 is 2.89 bits per heavy atom. The molecule has 3 rings (SSSR count). The van der Waals surface area contributed by atoms with Crippen molar-refractivity contribution in [3.8, 4) is 5.75 Å². The molecule has 6 nitrogen and oxygen atoms in total. The van der Waals surface area contributed by atoms with Crippen LogP contribution in [0.2, 0.25) is 0 Å². The van der Waals surface area contributed by atoms with Gasteiger partial charge in [-0.3, -0.25) is 9.79 Å². The van der Waals surface area contributed by atoms with E-state index < -0.39 is 7.82 Å². The molecule has 1 fully saturated rings. The van der Waals surface area contributed by atoms with Crippen LogP contribution in [-0.2, 0) is 4.57 Å². The SMILES string of the molecule is O=P(O)(O)Oc1cccc2[nH]cc(C3CCNC3)c12. The molecule has 4 N–H and O–H groups in total. The standard InChI is InChI=1S/C12H15N2O4P/c15-19(16,17)18-11-3-1-2-10-12(11)9(7-14-10)8-4-5-13-6-8/h1-3,7-8,13-14H,4-6H2,(H2,15,16,17). The van der Waals surface area contributed by atoms with Gasteiger partial charge in [0, 0.05) is 23.6 Å². The van der Waals surface area contributed by atoms with E-state index in [4.69, 9.17) is 14.3 Å². The number of benzene rings is 1. The molecule has 2 aromatic rings. The predicted molar refractivity (Wildman–Crippen MR) is 71.2 cm³/mol. The van der Waals surface area contributed by atoms with Crippen molar-refractivity contribution in [3.63, 3.8) is 0 Å². The van der Waals surface area contributed by atoms with Crippen molar-refractivity contribution in [1.82, 2.24) is 10.3 Å². The Balaban J connectivity index is 2.11. The molecule has 0 spiro atoms. The van der Waals surface area contributed by atoms with Gasteiger partial charge < -0.3 is 14.8 Å². The first-order valence-corrected chi connectivity index (χ1v) is 7.63. The van der Waals surface area contributed by atoms with E-state index in [0.717, 1.165) is 36.0 Å². The van der Waals surface area contributed by atoms with Crippen molar-refractivity contribution in [2.24, 2.45) is 0 Å². The minimum absolute atomic E-state index is 0.231. The highest BCUT2D eigenvalue weighted by molar-refractivity contribution is 7.46. The number of fused-ring (bicyclic) bond motifs is 1. The molecule has 1 aromatic heterocycles. The first-order chi connectivity index (χ1) is 9.04. The highest BCUT2D eigenvalue weighted by Gasteiger charge is 2.24. The molecule has 0 saturated carbocycles. The first kappa shape index (κ1) is 12.7. The van der Waals surface area contributed by atoms with Crippen molar-refractivity contribution < 1.29 is 18.9 Å². The van der Waals surface area contributed by atoms with Crippen LogP contribution in [0.5, 0.6) is 5.75 Å². The van der Waals surface area contributed by atoms with Crippen LogP contribution in [0.4, 0.5) is 0 Å². The van der Waals surface area contributed by atoms with Crippen LogP contribution in [0.1, 0.15) is 17.9 Å². The van der Waals surface area contributed by atoms with Crippen LogP contribution in [0, 0.1) is 0 Å². The normalized spacial score (nSPS) is 20.0. The summed E-state index contributed by atoms with van der Waals surface area (Å²) in [5, 5.41) is 4.05. The maximum atomic E-state index is 11.0. The molecule has 1 aliphatic rings. The predicted octanol–water partition coefficient (Wildman–Crippen LogP) is 1.72. The molecule has 0 bridgehead atoms. The third-order valence-electron chi connectivity index (χ3n) is 3.42. The van der Waals surface area contributed by atoms with Crippen molar-refractivity contribution in [1.29, 1.82) is 0 Å². The van der Waals surface area contributed by atoms with E-state index in [2.05, 4.69) is 10.3 Å². The van der Waals surface area contributed by atoms with Gasteiger partial charge in [0.1, 0.15) is 5.75 Å². The average Bonchev–Trinajstić information content (AvgIpc) is 2.95. The number of hydrogen-bond acceptors (Lipinski definition) is 3. The molecule has 0 amide bonds. The van der Waals surface area contributed by atoms with Gasteiger partial charge in [-0.05, 0) is 36.6 Å². The van der Waals surface area contributed by atoms with Gasteiger partial charge in [0.2, 0.25) is 0 Å². The van der Waals surface area contributed by atoms with Crippen LogP contribution >= 0.6 is 7.82 Å².